The van der Waals surface area contributed by atoms with Crippen LogP contribution in [-0.2, 0) is 0 Å². The van der Waals surface area contributed by atoms with Gasteiger partial charge in [0.25, 0.3) is 0 Å². The molecule has 0 fully saturated rings. The number of carboxylic acid groups (broad SMARTS) is 1. The summed E-state index contributed by atoms with van der Waals surface area (Å²) in [6.07, 6.45) is 0. The SMILES string of the molecule is COc1c(I)ccc(F)c1C(=O)O. The number of rotatable bonds is 2. The minimum absolute atomic E-state index is 0.0631. The van der Waals surface area contributed by atoms with Crippen molar-refractivity contribution in [1.29, 1.82) is 0 Å². The predicted octanol–water partition coefficient (Wildman–Crippen LogP) is 2.14. The maximum atomic E-state index is 13.0. The minimum Gasteiger partial charge on any atom is -0.495 e. The van der Waals surface area contributed by atoms with Gasteiger partial charge in [0, 0.05) is 0 Å². The Kier molecular flexibility index (Phi) is 3.07. The zero-order chi connectivity index (χ0) is 10.0. The average molecular weight is 296 g/mol. The molecule has 0 aliphatic rings. The van der Waals surface area contributed by atoms with Gasteiger partial charge in [0.15, 0.2) is 0 Å². The smallest absolute Gasteiger partial charge is 0.342 e. The van der Waals surface area contributed by atoms with E-state index in [0.29, 0.717) is 3.57 Å². The van der Waals surface area contributed by atoms with Gasteiger partial charge in [-0.2, -0.15) is 0 Å². The first-order valence-electron chi connectivity index (χ1n) is 3.33. The van der Waals surface area contributed by atoms with Crippen LogP contribution in [0.2, 0.25) is 0 Å². The molecule has 1 rings (SSSR count). The van der Waals surface area contributed by atoms with Crippen LogP contribution in [0.25, 0.3) is 0 Å². The largest absolute Gasteiger partial charge is 0.495 e. The van der Waals surface area contributed by atoms with Crippen molar-refractivity contribution in [3.8, 4) is 5.75 Å². The molecule has 1 aromatic carbocycles. The number of carbonyl (C=O) groups is 1. The average Bonchev–Trinajstić information content (AvgIpc) is 2.07. The molecule has 0 radical (unpaired) electrons. The van der Waals surface area contributed by atoms with Crippen molar-refractivity contribution in [3.05, 3.63) is 27.1 Å². The van der Waals surface area contributed by atoms with Crippen LogP contribution in [0.3, 0.4) is 0 Å². The Balaban J connectivity index is 3.43. The monoisotopic (exact) mass is 296 g/mol. The van der Waals surface area contributed by atoms with Gasteiger partial charge < -0.3 is 9.84 Å². The summed E-state index contributed by atoms with van der Waals surface area (Å²) in [6, 6.07) is 2.56. The van der Waals surface area contributed by atoms with Gasteiger partial charge in [0.1, 0.15) is 17.1 Å². The van der Waals surface area contributed by atoms with Gasteiger partial charge in [-0.25, -0.2) is 9.18 Å². The van der Waals surface area contributed by atoms with Gasteiger partial charge in [-0.15, -0.1) is 0 Å². The van der Waals surface area contributed by atoms with Crippen molar-refractivity contribution in [3.63, 3.8) is 0 Å². The van der Waals surface area contributed by atoms with Crippen molar-refractivity contribution in [2.24, 2.45) is 0 Å². The molecular weight excluding hydrogens is 290 g/mol. The number of benzene rings is 1. The minimum atomic E-state index is -1.33. The second kappa shape index (κ2) is 3.91. The summed E-state index contributed by atoms with van der Waals surface area (Å²) in [5.74, 6) is -2.05. The summed E-state index contributed by atoms with van der Waals surface area (Å²) in [6.45, 7) is 0. The van der Waals surface area contributed by atoms with Gasteiger partial charge in [-0.1, -0.05) is 0 Å². The van der Waals surface area contributed by atoms with Gasteiger partial charge in [-0.05, 0) is 34.7 Å². The van der Waals surface area contributed by atoms with Crippen molar-refractivity contribution >= 4 is 28.6 Å². The van der Waals surface area contributed by atoms with E-state index >= 15 is 0 Å². The van der Waals surface area contributed by atoms with Crippen molar-refractivity contribution in [2.75, 3.05) is 7.11 Å². The molecule has 13 heavy (non-hydrogen) atoms. The number of methoxy groups -OCH3 is 1. The Morgan fingerprint density at radius 1 is 1.62 bits per heavy atom. The molecule has 3 nitrogen and oxygen atoms in total. The Labute approximate surface area is 87.7 Å². The number of aromatic carboxylic acids is 1. The first-order valence-corrected chi connectivity index (χ1v) is 4.41. The fourth-order valence-corrected chi connectivity index (χ4v) is 1.60. The third kappa shape index (κ3) is 1.90. The van der Waals surface area contributed by atoms with Gasteiger partial charge in [0.2, 0.25) is 0 Å². The van der Waals surface area contributed by atoms with E-state index in [-0.39, 0.29) is 5.75 Å². The molecule has 0 bridgehead atoms. The lowest BCUT2D eigenvalue weighted by Crippen LogP contribution is -2.05. The highest BCUT2D eigenvalue weighted by Crippen LogP contribution is 2.27. The van der Waals surface area contributed by atoms with E-state index in [1.54, 1.807) is 0 Å². The number of halogens is 2. The van der Waals surface area contributed by atoms with Gasteiger partial charge in [0.05, 0.1) is 10.7 Å². The van der Waals surface area contributed by atoms with E-state index in [2.05, 4.69) is 0 Å². The topological polar surface area (TPSA) is 46.5 Å². The maximum absolute atomic E-state index is 13.0. The molecular formula is C8H6FIO3. The number of hydrogen-bond acceptors (Lipinski definition) is 2. The fraction of sp³-hybridized carbons (Fsp3) is 0.125. The molecule has 0 aliphatic carbocycles. The lowest BCUT2D eigenvalue weighted by Gasteiger charge is -2.07. The highest BCUT2D eigenvalue weighted by Gasteiger charge is 2.18. The molecule has 0 aromatic heterocycles. The maximum Gasteiger partial charge on any atom is 0.342 e. The van der Waals surface area contributed by atoms with E-state index in [1.807, 2.05) is 22.6 Å². The Bertz CT molecular complexity index is 351. The molecule has 0 atom stereocenters. The predicted molar refractivity (Wildman–Crippen MR) is 52.6 cm³/mol. The molecule has 0 saturated heterocycles. The summed E-state index contributed by atoms with van der Waals surface area (Å²) in [5.41, 5.74) is -0.422. The summed E-state index contributed by atoms with van der Waals surface area (Å²) in [7, 11) is 1.31. The number of hydrogen-bond donors (Lipinski definition) is 1. The number of ether oxygens (including phenoxy) is 1. The van der Waals surface area contributed by atoms with Crippen LogP contribution >= 0.6 is 22.6 Å². The van der Waals surface area contributed by atoms with Crippen LogP contribution in [-0.4, -0.2) is 18.2 Å². The molecule has 0 spiro atoms. The molecule has 1 N–H and O–H groups in total. The molecule has 0 heterocycles. The highest BCUT2D eigenvalue weighted by atomic mass is 127. The van der Waals surface area contributed by atoms with Crippen LogP contribution in [0.5, 0.6) is 5.75 Å². The third-order valence-electron chi connectivity index (χ3n) is 1.48. The van der Waals surface area contributed by atoms with Gasteiger partial charge >= 0.3 is 5.97 Å². The van der Waals surface area contributed by atoms with Gasteiger partial charge in [-0.3, -0.25) is 0 Å². The number of carboxylic acids is 1. The molecule has 0 aliphatic heterocycles. The lowest BCUT2D eigenvalue weighted by atomic mass is 10.2. The third-order valence-corrected chi connectivity index (χ3v) is 2.33. The van der Waals surface area contributed by atoms with Crippen LogP contribution in [0, 0.1) is 9.39 Å². The van der Waals surface area contributed by atoms with Crippen LogP contribution in [0.4, 0.5) is 4.39 Å². The molecule has 70 valence electrons. The fourth-order valence-electron chi connectivity index (χ4n) is 0.932. The van der Waals surface area contributed by atoms with Crippen molar-refractivity contribution < 1.29 is 19.0 Å². The zero-order valence-corrected chi connectivity index (χ0v) is 8.83. The van der Waals surface area contributed by atoms with Crippen molar-refractivity contribution in [1.82, 2.24) is 0 Å². The Morgan fingerprint density at radius 2 is 2.23 bits per heavy atom. The second-order valence-corrected chi connectivity index (χ2v) is 3.40. The van der Waals surface area contributed by atoms with Crippen molar-refractivity contribution in [2.45, 2.75) is 0 Å². The summed E-state index contributed by atoms with van der Waals surface area (Å²) in [5, 5.41) is 8.68. The molecule has 0 unspecified atom stereocenters. The van der Waals surface area contributed by atoms with E-state index in [1.165, 1.54) is 13.2 Å². The second-order valence-electron chi connectivity index (χ2n) is 2.24. The van der Waals surface area contributed by atoms with E-state index in [9.17, 15) is 9.18 Å². The van der Waals surface area contributed by atoms with Crippen LogP contribution in [0.1, 0.15) is 10.4 Å². The zero-order valence-electron chi connectivity index (χ0n) is 6.67. The van der Waals surface area contributed by atoms with E-state index in [4.69, 9.17) is 9.84 Å². The summed E-state index contributed by atoms with van der Waals surface area (Å²) in [4.78, 5) is 10.6. The Morgan fingerprint density at radius 3 is 2.62 bits per heavy atom. The first kappa shape index (κ1) is 10.2. The van der Waals surface area contributed by atoms with Crippen LogP contribution in [0.15, 0.2) is 12.1 Å². The Hall–Kier alpha value is -0.850. The van der Waals surface area contributed by atoms with E-state index < -0.39 is 17.3 Å². The first-order chi connectivity index (χ1) is 6.07. The molecule has 0 saturated carbocycles. The summed E-state index contributed by atoms with van der Waals surface area (Å²) >= 11 is 1.88. The molecule has 5 heteroatoms. The summed E-state index contributed by atoms with van der Waals surface area (Å²) < 4.78 is 18.4. The van der Waals surface area contributed by atoms with E-state index in [0.717, 1.165) is 6.07 Å². The van der Waals surface area contributed by atoms with Crippen LogP contribution < -0.4 is 4.74 Å². The normalized spacial score (nSPS) is 9.77. The quantitative estimate of drug-likeness (QED) is 0.851. The lowest BCUT2D eigenvalue weighted by molar-refractivity contribution is 0.0688. The standard InChI is InChI=1S/C8H6FIO3/c1-13-7-5(10)3-2-4(9)6(7)8(11)12/h2-3H,1H3,(H,11,12). The molecule has 0 amide bonds. The molecule has 1 aromatic rings. The highest BCUT2D eigenvalue weighted by molar-refractivity contribution is 14.1.